The van der Waals surface area contributed by atoms with E-state index in [4.69, 9.17) is 55.9 Å². The van der Waals surface area contributed by atoms with E-state index >= 15 is 0 Å². The fourth-order valence-corrected chi connectivity index (χ4v) is 3.66. The van der Waals surface area contributed by atoms with Crippen molar-refractivity contribution in [2.45, 2.75) is 6.61 Å². The van der Waals surface area contributed by atoms with E-state index in [0.717, 1.165) is 5.56 Å². The molecule has 0 aromatic heterocycles. The minimum absolute atomic E-state index is 0.150. The summed E-state index contributed by atoms with van der Waals surface area (Å²) in [5.74, 6) is 0.874. The topological polar surface area (TPSA) is 35.5 Å². The van der Waals surface area contributed by atoms with Crippen LogP contribution in [-0.4, -0.2) is 5.78 Å². The molecule has 146 valence electrons. The lowest BCUT2D eigenvalue weighted by Gasteiger charge is -2.08. The molecule has 1 aliphatic rings. The monoisotopic (exact) mass is 464 g/mol. The summed E-state index contributed by atoms with van der Waals surface area (Å²) in [6.07, 6.45) is 1.54. The third-order valence-electron chi connectivity index (χ3n) is 4.31. The molecule has 1 aliphatic heterocycles. The van der Waals surface area contributed by atoms with Gasteiger partial charge in [-0.1, -0.05) is 58.5 Å². The number of carbonyl (C=O) groups is 1. The minimum Gasteiger partial charge on any atom is -0.489 e. The molecule has 0 bridgehead atoms. The summed E-state index contributed by atoms with van der Waals surface area (Å²) in [6, 6.07) is 15.4. The number of ether oxygens (including phenoxy) is 2. The second kappa shape index (κ2) is 8.29. The molecule has 0 aliphatic carbocycles. The van der Waals surface area contributed by atoms with Gasteiger partial charge in [-0.3, -0.25) is 4.79 Å². The molecule has 29 heavy (non-hydrogen) atoms. The van der Waals surface area contributed by atoms with Crippen LogP contribution in [0, 0.1) is 0 Å². The van der Waals surface area contributed by atoms with Crippen molar-refractivity contribution in [2.24, 2.45) is 0 Å². The first kappa shape index (κ1) is 20.1. The van der Waals surface area contributed by atoms with Crippen LogP contribution in [0.3, 0.4) is 0 Å². The van der Waals surface area contributed by atoms with Gasteiger partial charge < -0.3 is 9.47 Å². The van der Waals surface area contributed by atoms with E-state index in [-0.39, 0.29) is 11.5 Å². The molecule has 0 atom stereocenters. The minimum atomic E-state index is -0.244. The molecule has 3 nitrogen and oxygen atoms in total. The smallest absolute Gasteiger partial charge is 0.231 e. The van der Waals surface area contributed by atoms with Gasteiger partial charge >= 0.3 is 0 Å². The SMILES string of the molecule is O=C1C(=Cc2c(Cl)cccc2Cl)Oc2cc(OCc3ccc(Cl)c(Cl)c3)ccc21. The summed E-state index contributed by atoms with van der Waals surface area (Å²) in [7, 11) is 0. The van der Waals surface area contributed by atoms with Crippen LogP contribution >= 0.6 is 46.4 Å². The van der Waals surface area contributed by atoms with E-state index in [1.165, 1.54) is 0 Å². The van der Waals surface area contributed by atoms with Crippen LogP contribution in [0.4, 0.5) is 0 Å². The van der Waals surface area contributed by atoms with Crippen molar-refractivity contribution < 1.29 is 14.3 Å². The lowest BCUT2D eigenvalue weighted by atomic mass is 10.1. The molecular weight excluding hydrogens is 454 g/mol. The molecule has 0 saturated carbocycles. The fraction of sp³-hybridized carbons (Fsp3) is 0.0455. The van der Waals surface area contributed by atoms with Crippen LogP contribution in [0.2, 0.25) is 20.1 Å². The van der Waals surface area contributed by atoms with Crippen molar-refractivity contribution in [2.75, 3.05) is 0 Å². The molecule has 4 rings (SSSR count). The molecule has 3 aromatic carbocycles. The van der Waals surface area contributed by atoms with Crippen molar-refractivity contribution in [1.29, 1.82) is 0 Å². The third kappa shape index (κ3) is 4.24. The predicted octanol–water partition coefficient (Wildman–Crippen LogP) is 7.50. The van der Waals surface area contributed by atoms with E-state index in [1.807, 2.05) is 6.07 Å². The molecule has 0 N–H and O–H groups in total. The summed E-state index contributed by atoms with van der Waals surface area (Å²) in [6.45, 7) is 0.293. The van der Waals surface area contributed by atoms with Crippen LogP contribution in [0.5, 0.6) is 11.5 Å². The number of hydrogen-bond acceptors (Lipinski definition) is 3. The van der Waals surface area contributed by atoms with E-state index in [1.54, 1.807) is 54.6 Å². The zero-order valence-electron chi connectivity index (χ0n) is 14.7. The average Bonchev–Trinajstić information content (AvgIpc) is 3.01. The van der Waals surface area contributed by atoms with Gasteiger partial charge in [0.2, 0.25) is 5.78 Å². The van der Waals surface area contributed by atoms with Crippen molar-refractivity contribution >= 4 is 58.3 Å². The van der Waals surface area contributed by atoms with Crippen molar-refractivity contribution in [1.82, 2.24) is 0 Å². The average molecular weight is 466 g/mol. The van der Waals surface area contributed by atoms with Crippen molar-refractivity contribution in [3.05, 3.63) is 97.1 Å². The van der Waals surface area contributed by atoms with Gasteiger partial charge in [0.05, 0.1) is 15.6 Å². The normalized spacial score (nSPS) is 14.1. The number of allylic oxidation sites excluding steroid dienone is 1. The molecule has 0 fully saturated rings. The summed E-state index contributed by atoms with van der Waals surface area (Å²) >= 11 is 24.3. The molecular formula is C22H12Cl4O3. The van der Waals surface area contributed by atoms with Crippen LogP contribution in [0.1, 0.15) is 21.5 Å². The van der Waals surface area contributed by atoms with Gasteiger partial charge in [-0.2, -0.15) is 0 Å². The van der Waals surface area contributed by atoms with Crippen LogP contribution in [0.25, 0.3) is 6.08 Å². The first-order valence-electron chi connectivity index (χ1n) is 8.51. The lowest BCUT2D eigenvalue weighted by molar-refractivity contribution is 0.101. The van der Waals surface area contributed by atoms with Gasteiger partial charge in [0.1, 0.15) is 18.1 Å². The fourth-order valence-electron chi connectivity index (χ4n) is 2.83. The molecule has 3 aromatic rings. The van der Waals surface area contributed by atoms with Crippen LogP contribution in [0.15, 0.2) is 60.4 Å². The van der Waals surface area contributed by atoms with Crippen LogP contribution in [-0.2, 0) is 6.61 Å². The third-order valence-corrected chi connectivity index (χ3v) is 5.70. The Morgan fingerprint density at radius 1 is 0.862 bits per heavy atom. The zero-order chi connectivity index (χ0) is 20.5. The van der Waals surface area contributed by atoms with Crippen molar-refractivity contribution in [3.63, 3.8) is 0 Å². The van der Waals surface area contributed by atoms with Gasteiger partial charge in [-0.05, 0) is 48.0 Å². The highest BCUT2D eigenvalue weighted by Gasteiger charge is 2.28. The number of ketones is 1. The van der Waals surface area contributed by atoms with E-state index < -0.39 is 0 Å². The summed E-state index contributed by atoms with van der Waals surface area (Å²) < 4.78 is 11.5. The maximum Gasteiger partial charge on any atom is 0.231 e. The molecule has 0 spiro atoms. The summed E-state index contributed by atoms with van der Waals surface area (Å²) in [5, 5.41) is 1.81. The number of carbonyl (C=O) groups excluding carboxylic acids is 1. The van der Waals surface area contributed by atoms with Crippen LogP contribution < -0.4 is 9.47 Å². The quantitative estimate of drug-likeness (QED) is 0.374. The lowest BCUT2D eigenvalue weighted by Crippen LogP contribution is -1.98. The Kier molecular flexibility index (Phi) is 5.75. The Morgan fingerprint density at radius 2 is 1.62 bits per heavy atom. The van der Waals surface area contributed by atoms with E-state index in [9.17, 15) is 4.79 Å². The second-order valence-corrected chi connectivity index (χ2v) is 7.90. The highest BCUT2D eigenvalue weighted by Crippen LogP contribution is 2.36. The molecule has 0 saturated heterocycles. The molecule has 0 amide bonds. The first-order valence-corrected chi connectivity index (χ1v) is 10.0. The van der Waals surface area contributed by atoms with E-state index in [0.29, 0.717) is 49.3 Å². The standard InChI is InChI=1S/C22H12Cl4O3/c23-16-2-1-3-17(24)15(16)10-21-22(27)14-6-5-13(9-20(14)29-21)28-11-12-4-7-18(25)19(26)8-12/h1-10H,11H2. The largest absolute Gasteiger partial charge is 0.489 e. The maximum atomic E-state index is 12.6. The van der Waals surface area contributed by atoms with Gasteiger partial charge in [-0.15, -0.1) is 0 Å². The number of hydrogen-bond donors (Lipinski definition) is 0. The molecule has 0 unspecified atom stereocenters. The number of fused-ring (bicyclic) bond motifs is 1. The van der Waals surface area contributed by atoms with Gasteiger partial charge in [0, 0.05) is 21.7 Å². The molecule has 7 heteroatoms. The number of halogens is 4. The number of Topliss-reactive ketones (excluding diaryl/α,β-unsaturated/α-hetero) is 1. The Hall–Kier alpha value is -2.17. The Labute approximate surface area is 187 Å². The Morgan fingerprint density at radius 3 is 2.34 bits per heavy atom. The first-order chi connectivity index (χ1) is 13.9. The summed E-state index contributed by atoms with van der Waals surface area (Å²) in [4.78, 5) is 12.6. The van der Waals surface area contributed by atoms with Gasteiger partial charge in [0.25, 0.3) is 0 Å². The zero-order valence-corrected chi connectivity index (χ0v) is 17.7. The Balaban J connectivity index is 1.54. The molecule has 0 radical (unpaired) electrons. The van der Waals surface area contributed by atoms with Gasteiger partial charge in [0.15, 0.2) is 5.76 Å². The highest BCUT2D eigenvalue weighted by atomic mass is 35.5. The highest BCUT2D eigenvalue weighted by molar-refractivity contribution is 6.42. The van der Waals surface area contributed by atoms with Crippen molar-refractivity contribution in [3.8, 4) is 11.5 Å². The molecule has 1 heterocycles. The summed E-state index contributed by atoms with van der Waals surface area (Å²) in [5.41, 5.74) is 1.84. The van der Waals surface area contributed by atoms with Gasteiger partial charge in [-0.25, -0.2) is 0 Å². The van der Waals surface area contributed by atoms with E-state index in [2.05, 4.69) is 0 Å². The maximum absolute atomic E-state index is 12.6. The predicted molar refractivity (Wildman–Crippen MR) is 117 cm³/mol. The number of benzene rings is 3. The number of rotatable bonds is 4. The Bertz CT molecular complexity index is 1130. The second-order valence-electron chi connectivity index (χ2n) is 6.27.